The van der Waals surface area contributed by atoms with Crippen LogP contribution in [-0.4, -0.2) is 34.5 Å². The molecule has 0 radical (unpaired) electrons. The lowest BCUT2D eigenvalue weighted by Gasteiger charge is -2.21. The molecule has 0 saturated carbocycles. The second-order valence-corrected chi connectivity index (χ2v) is 5.63. The Morgan fingerprint density at radius 3 is 2.85 bits per heavy atom. The predicted octanol–water partition coefficient (Wildman–Crippen LogP) is 2.93. The van der Waals surface area contributed by atoms with E-state index in [1.54, 1.807) is 11.0 Å². The Balaban J connectivity index is 2.04. The molecule has 1 aromatic carbocycles. The van der Waals surface area contributed by atoms with Gasteiger partial charge in [0.25, 0.3) is 0 Å². The molecule has 4 nitrogen and oxygen atoms in total. The van der Waals surface area contributed by atoms with Crippen molar-refractivity contribution in [1.29, 1.82) is 0 Å². The fraction of sp³-hybridized carbons (Fsp3) is 0.333. The minimum Gasteiger partial charge on any atom is -0.481 e. The van der Waals surface area contributed by atoms with Crippen LogP contribution >= 0.6 is 15.9 Å². The van der Waals surface area contributed by atoms with Crippen molar-refractivity contribution in [2.24, 2.45) is 0 Å². The van der Waals surface area contributed by atoms with Crippen molar-refractivity contribution in [1.82, 2.24) is 4.90 Å². The number of hydrogen-bond donors (Lipinski definition) is 1. The maximum atomic E-state index is 12.2. The zero-order valence-electron chi connectivity index (χ0n) is 11.0. The third-order valence-corrected chi connectivity index (χ3v) is 4.10. The average Bonchev–Trinajstić information content (AvgIpc) is 2.85. The molecule has 1 atom stereocenters. The molecule has 0 aliphatic carbocycles. The van der Waals surface area contributed by atoms with Gasteiger partial charge in [-0.3, -0.25) is 9.59 Å². The minimum atomic E-state index is -0.857. The maximum Gasteiger partial charge on any atom is 0.305 e. The van der Waals surface area contributed by atoms with Crippen LogP contribution in [0.3, 0.4) is 0 Å². The first-order valence-electron chi connectivity index (χ1n) is 6.53. The molecular weight excluding hydrogens is 322 g/mol. The van der Waals surface area contributed by atoms with Gasteiger partial charge in [0.2, 0.25) is 5.91 Å². The summed E-state index contributed by atoms with van der Waals surface area (Å²) >= 11 is 3.42. The summed E-state index contributed by atoms with van der Waals surface area (Å²) < 4.78 is 0.924. The van der Waals surface area contributed by atoms with Crippen LogP contribution in [0.25, 0.3) is 6.08 Å². The third-order valence-electron chi connectivity index (χ3n) is 3.38. The number of carboxylic acid groups (broad SMARTS) is 1. The minimum absolute atomic E-state index is 0.0224. The number of carbonyl (C=O) groups excluding carboxylic acids is 1. The molecule has 1 aliphatic heterocycles. The Bertz CT molecular complexity index is 542. The summed E-state index contributed by atoms with van der Waals surface area (Å²) in [4.78, 5) is 24.6. The SMILES string of the molecule is O=C(O)CC1CCCN1C(=O)C=Cc1ccccc1Br. The molecule has 1 saturated heterocycles. The fourth-order valence-electron chi connectivity index (χ4n) is 2.41. The predicted molar refractivity (Wildman–Crippen MR) is 80.2 cm³/mol. The highest BCUT2D eigenvalue weighted by Crippen LogP contribution is 2.21. The molecule has 1 fully saturated rings. The van der Waals surface area contributed by atoms with Gasteiger partial charge in [0.1, 0.15) is 0 Å². The summed E-state index contributed by atoms with van der Waals surface area (Å²) in [6.07, 6.45) is 4.92. The molecule has 0 aromatic heterocycles. The van der Waals surface area contributed by atoms with Gasteiger partial charge in [-0.05, 0) is 30.5 Å². The van der Waals surface area contributed by atoms with E-state index in [1.165, 1.54) is 6.08 Å². The number of hydrogen-bond acceptors (Lipinski definition) is 2. The Labute approximate surface area is 126 Å². The van der Waals surface area contributed by atoms with Gasteiger partial charge in [0.05, 0.1) is 6.42 Å². The van der Waals surface area contributed by atoms with E-state index < -0.39 is 5.97 Å². The zero-order chi connectivity index (χ0) is 14.5. The summed E-state index contributed by atoms with van der Waals surface area (Å²) in [6, 6.07) is 7.45. The highest BCUT2D eigenvalue weighted by atomic mass is 79.9. The lowest BCUT2D eigenvalue weighted by molar-refractivity contribution is -0.139. The van der Waals surface area contributed by atoms with Crippen molar-refractivity contribution < 1.29 is 14.7 Å². The van der Waals surface area contributed by atoms with Crippen molar-refractivity contribution in [2.75, 3.05) is 6.54 Å². The lowest BCUT2D eigenvalue weighted by atomic mass is 10.1. The van der Waals surface area contributed by atoms with Gasteiger partial charge >= 0.3 is 5.97 Å². The number of benzene rings is 1. The first kappa shape index (κ1) is 14.8. The van der Waals surface area contributed by atoms with Crippen molar-refractivity contribution in [3.05, 3.63) is 40.4 Å². The van der Waals surface area contributed by atoms with E-state index in [1.807, 2.05) is 24.3 Å². The molecule has 2 rings (SSSR count). The van der Waals surface area contributed by atoms with Gasteiger partial charge in [-0.25, -0.2) is 0 Å². The molecule has 20 heavy (non-hydrogen) atoms. The van der Waals surface area contributed by atoms with E-state index in [-0.39, 0.29) is 18.4 Å². The van der Waals surface area contributed by atoms with Crippen molar-refractivity contribution in [2.45, 2.75) is 25.3 Å². The highest BCUT2D eigenvalue weighted by Gasteiger charge is 2.28. The zero-order valence-corrected chi connectivity index (χ0v) is 12.5. The van der Waals surface area contributed by atoms with Crippen molar-refractivity contribution in [3.63, 3.8) is 0 Å². The van der Waals surface area contributed by atoms with Crippen molar-refractivity contribution in [3.8, 4) is 0 Å². The highest BCUT2D eigenvalue weighted by molar-refractivity contribution is 9.10. The third kappa shape index (κ3) is 3.70. The first-order valence-corrected chi connectivity index (χ1v) is 7.32. The molecule has 106 valence electrons. The monoisotopic (exact) mass is 337 g/mol. The summed E-state index contributed by atoms with van der Waals surface area (Å²) in [6.45, 7) is 0.636. The van der Waals surface area contributed by atoms with Crippen LogP contribution in [0.15, 0.2) is 34.8 Å². The number of carbonyl (C=O) groups is 2. The van der Waals surface area contributed by atoms with Gasteiger partial charge in [-0.15, -0.1) is 0 Å². The Morgan fingerprint density at radius 1 is 1.40 bits per heavy atom. The quantitative estimate of drug-likeness (QED) is 0.859. The van der Waals surface area contributed by atoms with Gasteiger partial charge in [0.15, 0.2) is 0 Å². The molecule has 0 spiro atoms. The van der Waals surface area contributed by atoms with E-state index >= 15 is 0 Å². The number of nitrogens with zero attached hydrogens (tertiary/aromatic N) is 1. The second-order valence-electron chi connectivity index (χ2n) is 4.78. The molecule has 5 heteroatoms. The lowest BCUT2D eigenvalue weighted by Crippen LogP contribution is -2.35. The van der Waals surface area contributed by atoms with E-state index in [0.717, 1.165) is 22.9 Å². The Morgan fingerprint density at radius 2 is 2.15 bits per heavy atom. The average molecular weight is 338 g/mol. The van der Waals surface area contributed by atoms with Crippen LogP contribution < -0.4 is 0 Å². The van der Waals surface area contributed by atoms with Crippen LogP contribution in [0, 0.1) is 0 Å². The van der Waals surface area contributed by atoms with Crippen LogP contribution in [0.2, 0.25) is 0 Å². The standard InChI is InChI=1S/C15H16BrNO3/c16-13-6-2-1-4-11(13)7-8-14(18)17-9-3-5-12(17)10-15(19)20/h1-2,4,6-8,12H,3,5,9-10H2,(H,19,20). The second kappa shape index (κ2) is 6.70. The summed E-state index contributed by atoms with van der Waals surface area (Å²) in [7, 11) is 0. The normalized spacial score (nSPS) is 18.6. The number of amides is 1. The van der Waals surface area contributed by atoms with E-state index in [0.29, 0.717) is 6.54 Å². The largest absolute Gasteiger partial charge is 0.481 e. The van der Waals surface area contributed by atoms with Crippen LogP contribution in [0.4, 0.5) is 0 Å². The summed E-state index contributed by atoms with van der Waals surface area (Å²) in [5.41, 5.74) is 0.926. The molecule has 1 amide bonds. The van der Waals surface area contributed by atoms with Gasteiger partial charge in [-0.1, -0.05) is 34.1 Å². The van der Waals surface area contributed by atoms with Gasteiger partial charge in [-0.2, -0.15) is 0 Å². The number of carboxylic acids is 1. The number of likely N-dealkylation sites (tertiary alicyclic amines) is 1. The van der Waals surface area contributed by atoms with Gasteiger partial charge in [0, 0.05) is 23.1 Å². The number of aliphatic carboxylic acids is 1. The molecule has 0 bridgehead atoms. The first-order chi connectivity index (χ1) is 9.58. The molecule has 1 unspecified atom stereocenters. The van der Waals surface area contributed by atoms with E-state index in [4.69, 9.17) is 5.11 Å². The summed E-state index contributed by atoms with van der Waals surface area (Å²) in [5, 5.41) is 8.86. The number of halogens is 1. The summed E-state index contributed by atoms with van der Waals surface area (Å²) in [5.74, 6) is -0.978. The van der Waals surface area contributed by atoms with Crippen molar-refractivity contribution >= 4 is 33.9 Å². The smallest absolute Gasteiger partial charge is 0.305 e. The maximum absolute atomic E-state index is 12.2. The molecular formula is C15H16BrNO3. The molecule has 1 aliphatic rings. The Hall–Kier alpha value is -1.62. The van der Waals surface area contributed by atoms with Crippen LogP contribution in [-0.2, 0) is 9.59 Å². The molecule has 1 N–H and O–H groups in total. The Kier molecular flexibility index (Phi) is 4.95. The van der Waals surface area contributed by atoms with E-state index in [2.05, 4.69) is 15.9 Å². The fourth-order valence-corrected chi connectivity index (χ4v) is 2.82. The van der Waals surface area contributed by atoms with Crippen LogP contribution in [0.5, 0.6) is 0 Å². The number of rotatable bonds is 4. The molecule has 1 aromatic rings. The van der Waals surface area contributed by atoms with Crippen LogP contribution in [0.1, 0.15) is 24.8 Å². The van der Waals surface area contributed by atoms with E-state index in [9.17, 15) is 9.59 Å². The molecule has 1 heterocycles. The topological polar surface area (TPSA) is 57.6 Å². The van der Waals surface area contributed by atoms with Gasteiger partial charge < -0.3 is 10.0 Å².